The largest absolute Gasteiger partial charge is 1.00 e. The van der Waals surface area contributed by atoms with Gasteiger partial charge in [-0.25, -0.2) is 14.4 Å². The lowest BCUT2D eigenvalue weighted by Gasteiger charge is -2.42. The van der Waals surface area contributed by atoms with Gasteiger partial charge >= 0.3 is 0 Å². The van der Waals surface area contributed by atoms with E-state index in [0.717, 1.165) is 13.1 Å². The Morgan fingerprint density at radius 3 is 2.45 bits per heavy atom. The number of halogens is 2. The molecule has 0 aliphatic carbocycles. The van der Waals surface area contributed by atoms with Crippen LogP contribution in [0, 0.1) is 5.82 Å². The molecule has 2 aliphatic rings. The second kappa shape index (κ2) is 6.58. The molecule has 20 heavy (non-hydrogen) atoms. The van der Waals surface area contributed by atoms with E-state index in [0.29, 0.717) is 11.0 Å². The number of quaternary nitrogens is 1. The van der Waals surface area contributed by atoms with Crippen LogP contribution in [0.1, 0.15) is 12.8 Å². The molecular formula is C13H20BrFN4S. The number of anilines is 1. The fraction of sp³-hybridized carbons (Fsp3) is 0.692. The van der Waals surface area contributed by atoms with Crippen LogP contribution in [0.4, 0.5) is 10.3 Å². The molecule has 1 aromatic rings. The molecule has 112 valence electrons. The molecule has 2 saturated heterocycles. The maximum Gasteiger partial charge on any atom is 0.226 e. The molecule has 2 aliphatic heterocycles. The molecular weight excluding hydrogens is 343 g/mol. The second-order valence-corrected chi connectivity index (χ2v) is 6.25. The van der Waals surface area contributed by atoms with Crippen LogP contribution in [-0.4, -0.2) is 60.0 Å². The summed E-state index contributed by atoms with van der Waals surface area (Å²) < 4.78 is 14.7. The van der Waals surface area contributed by atoms with Crippen molar-refractivity contribution < 1.29 is 25.9 Å². The summed E-state index contributed by atoms with van der Waals surface area (Å²) in [5, 5.41) is 0.445. The van der Waals surface area contributed by atoms with Crippen molar-refractivity contribution in [3.63, 3.8) is 0 Å². The Labute approximate surface area is 134 Å². The van der Waals surface area contributed by atoms with E-state index in [9.17, 15) is 4.39 Å². The molecule has 0 atom stereocenters. The number of thioether (sulfide) groups is 1. The third kappa shape index (κ3) is 3.09. The van der Waals surface area contributed by atoms with Gasteiger partial charge in [0.05, 0.1) is 45.5 Å². The normalized spacial score (nSPS) is 21.0. The minimum absolute atomic E-state index is 0. The Bertz CT molecular complexity index is 458. The topological polar surface area (TPSA) is 29.0 Å². The first-order chi connectivity index (χ1) is 9.22. The van der Waals surface area contributed by atoms with E-state index in [2.05, 4.69) is 14.9 Å². The van der Waals surface area contributed by atoms with Crippen molar-refractivity contribution in [1.82, 2.24) is 9.97 Å². The minimum Gasteiger partial charge on any atom is -1.00 e. The summed E-state index contributed by atoms with van der Waals surface area (Å²) in [7, 11) is 0. The second-order valence-electron chi connectivity index (χ2n) is 5.46. The first-order valence-corrected chi connectivity index (χ1v) is 8.11. The molecule has 2 fully saturated rings. The third-order valence-electron chi connectivity index (χ3n) is 4.38. The molecule has 1 aromatic heterocycles. The molecule has 7 heteroatoms. The predicted octanol–water partition coefficient (Wildman–Crippen LogP) is -1.23. The number of piperazine rings is 1. The summed E-state index contributed by atoms with van der Waals surface area (Å²) in [6.07, 6.45) is 5.87. The van der Waals surface area contributed by atoms with Crippen molar-refractivity contribution in [3.8, 4) is 0 Å². The first kappa shape index (κ1) is 16.0. The van der Waals surface area contributed by atoms with Gasteiger partial charge in [-0.1, -0.05) is 0 Å². The fourth-order valence-corrected chi connectivity index (χ4v) is 3.60. The molecule has 0 saturated carbocycles. The Kier molecular flexibility index (Phi) is 5.25. The number of rotatable bonds is 2. The zero-order valence-electron chi connectivity index (χ0n) is 11.7. The van der Waals surface area contributed by atoms with Gasteiger partial charge in [-0.3, -0.25) is 0 Å². The lowest BCUT2D eigenvalue weighted by atomic mass is 10.2. The molecule has 4 nitrogen and oxygen atoms in total. The van der Waals surface area contributed by atoms with Crippen LogP contribution in [0.15, 0.2) is 11.2 Å². The quantitative estimate of drug-likeness (QED) is 0.374. The Morgan fingerprint density at radius 2 is 1.85 bits per heavy atom. The Hall–Kier alpha value is -0.400. The molecule has 1 spiro atoms. The van der Waals surface area contributed by atoms with Gasteiger partial charge in [-0.2, -0.15) is 0 Å². The van der Waals surface area contributed by atoms with Gasteiger partial charge < -0.3 is 26.4 Å². The first-order valence-electron chi connectivity index (χ1n) is 6.89. The van der Waals surface area contributed by atoms with E-state index in [1.807, 2.05) is 6.26 Å². The van der Waals surface area contributed by atoms with Crippen LogP contribution in [0.3, 0.4) is 0 Å². The van der Waals surface area contributed by atoms with Crippen LogP contribution in [-0.2, 0) is 0 Å². The Morgan fingerprint density at radius 1 is 1.20 bits per heavy atom. The summed E-state index contributed by atoms with van der Waals surface area (Å²) in [6.45, 7) is 6.98. The van der Waals surface area contributed by atoms with Crippen LogP contribution < -0.4 is 21.9 Å². The molecule has 0 radical (unpaired) electrons. The van der Waals surface area contributed by atoms with E-state index in [4.69, 9.17) is 0 Å². The number of hydrogen-bond donors (Lipinski definition) is 0. The Balaban J connectivity index is 0.00000147. The maximum absolute atomic E-state index is 13.4. The highest BCUT2D eigenvalue weighted by molar-refractivity contribution is 7.98. The average molecular weight is 363 g/mol. The van der Waals surface area contributed by atoms with Crippen LogP contribution in [0.2, 0.25) is 0 Å². The predicted molar refractivity (Wildman–Crippen MR) is 74.9 cm³/mol. The van der Waals surface area contributed by atoms with Crippen LogP contribution in [0.25, 0.3) is 0 Å². The van der Waals surface area contributed by atoms with Gasteiger partial charge in [0.2, 0.25) is 5.95 Å². The van der Waals surface area contributed by atoms with Crippen molar-refractivity contribution in [1.29, 1.82) is 0 Å². The lowest BCUT2D eigenvalue weighted by Crippen LogP contribution is -3.00. The van der Waals surface area contributed by atoms with Gasteiger partial charge in [0.15, 0.2) is 5.82 Å². The van der Waals surface area contributed by atoms with E-state index < -0.39 is 0 Å². The van der Waals surface area contributed by atoms with Crippen LogP contribution in [0.5, 0.6) is 0 Å². The molecule has 0 amide bonds. The monoisotopic (exact) mass is 362 g/mol. The number of aromatic nitrogens is 2. The summed E-state index contributed by atoms with van der Waals surface area (Å²) in [4.78, 5) is 10.7. The van der Waals surface area contributed by atoms with Crippen molar-refractivity contribution in [2.24, 2.45) is 0 Å². The summed E-state index contributed by atoms with van der Waals surface area (Å²) >= 11 is 1.34. The van der Waals surface area contributed by atoms with Gasteiger partial charge in [0.1, 0.15) is 5.03 Å². The number of nitrogens with zero attached hydrogens (tertiary/aromatic N) is 4. The highest BCUT2D eigenvalue weighted by Crippen LogP contribution is 2.25. The van der Waals surface area contributed by atoms with Crippen molar-refractivity contribution in [2.75, 3.05) is 50.4 Å². The SMILES string of the molecule is CSc1nc(N2CC[N+]3(CCCC3)CC2)ncc1F.[Br-]. The lowest BCUT2D eigenvalue weighted by molar-refractivity contribution is -0.917. The molecule has 0 aromatic carbocycles. The summed E-state index contributed by atoms with van der Waals surface area (Å²) in [5.74, 6) is 0.360. The highest BCUT2D eigenvalue weighted by Gasteiger charge is 2.36. The zero-order valence-corrected chi connectivity index (χ0v) is 14.1. The maximum atomic E-state index is 13.4. The summed E-state index contributed by atoms with van der Waals surface area (Å²) in [5.41, 5.74) is 0. The highest BCUT2D eigenvalue weighted by atomic mass is 79.9. The minimum atomic E-state index is -0.323. The smallest absolute Gasteiger partial charge is 0.226 e. The van der Waals surface area contributed by atoms with Crippen molar-refractivity contribution in [2.45, 2.75) is 17.9 Å². The molecule has 0 N–H and O–H groups in total. The zero-order chi connectivity index (χ0) is 13.3. The van der Waals surface area contributed by atoms with Crippen molar-refractivity contribution in [3.05, 3.63) is 12.0 Å². The van der Waals surface area contributed by atoms with E-state index >= 15 is 0 Å². The van der Waals surface area contributed by atoms with E-state index in [1.54, 1.807) is 0 Å². The molecule has 3 heterocycles. The molecule has 0 bridgehead atoms. The third-order valence-corrected chi connectivity index (χ3v) is 5.05. The van der Waals surface area contributed by atoms with E-state index in [1.165, 1.54) is 61.5 Å². The van der Waals surface area contributed by atoms with Crippen LogP contribution >= 0.6 is 11.8 Å². The standard InChI is InChI=1S/C13H20FN4S.BrH/c1-19-12-11(14)10-15-13(16-12)17-4-8-18(9-5-17)6-2-3-7-18;/h10H,2-9H2,1H3;1H/q+1;/p-1. The van der Waals surface area contributed by atoms with Crippen molar-refractivity contribution >= 4 is 17.7 Å². The average Bonchev–Trinajstić information content (AvgIpc) is 2.89. The van der Waals surface area contributed by atoms with Gasteiger partial charge in [-0.15, -0.1) is 11.8 Å². The fourth-order valence-electron chi connectivity index (χ4n) is 3.18. The molecule has 3 rings (SSSR count). The van der Waals surface area contributed by atoms with Gasteiger partial charge in [0.25, 0.3) is 0 Å². The van der Waals surface area contributed by atoms with E-state index in [-0.39, 0.29) is 22.8 Å². The van der Waals surface area contributed by atoms with Gasteiger partial charge in [0, 0.05) is 12.8 Å². The van der Waals surface area contributed by atoms with Gasteiger partial charge in [-0.05, 0) is 6.26 Å². The molecule has 0 unspecified atom stereocenters. The summed E-state index contributed by atoms with van der Waals surface area (Å²) in [6, 6.07) is 0. The number of hydrogen-bond acceptors (Lipinski definition) is 4.